The van der Waals surface area contributed by atoms with E-state index in [4.69, 9.17) is 32.7 Å². The highest BCUT2D eigenvalue weighted by Gasteiger charge is 2.46. The van der Waals surface area contributed by atoms with Crippen molar-refractivity contribution in [1.82, 2.24) is 4.90 Å². The molecule has 7 nitrogen and oxygen atoms in total. The van der Waals surface area contributed by atoms with Gasteiger partial charge in [0.2, 0.25) is 0 Å². The summed E-state index contributed by atoms with van der Waals surface area (Å²) in [5.74, 6) is -1.77. The van der Waals surface area contributed by atoms with Crippen LogP contribution in [0.5, 0.6) is 5.75 Å². The highest BCUT2D eigenvalue weighted by Crippen LogP contribution is 2.43. The fourth-order valence-corrected chi connectivity index (χ4v) is 4.76. The Bertz CT molecular complexity index is 1100. The molecule has 0 radical (unpaired) electrons. The van der Waals surface area contributed by atoms with Crippen LogP contribution in [0.4, 0.5) is 5.69 Å². The van der Waals surface area contributed by atoms with Crippen LogP contribution in [0.3, 0.4) is 0 Å². The zero-order valence-corrected chi connectivity index (χ0v) is 21.1. The van der Waals surface area contributed by atoms with Crippen LogP contribution in [-0.4, -0.2) is 62.2 Å². The first kappa shape index (κ1) is 25.9. The lowest BCUT2D eigenvalue weighted by molar-refractivity contribution is -0.140. The molecule has 182 valence electrons. The van der Waals surface area contributed by atoms with Crippen LogP contribution < -0.4 is 9.64 Å². The Hall–Kier alpha value is -2.74. The molecule has 0 saturated carbocycles. The van der Waals surface area contributed by atoms with Gasteiger partial charge >= 0.3 is 0 Å². The predicted molar refractivity (Wildman–Crippen MR) is 134 cm³/mol. The monoisotopic (exact) mass is 506 g/mol. The van der Waals surface area contributed by atoms with Crippen molar-refractivity contribution in [2.24, 2.45) is 0 Å². The third kappa shape index (κ3) is 4.87. The second kappa shape index (κ2) is 11.1. The number of nitrogens with zero attached hydrogens (tertiary/aromatic N) is 2. The number of rotatable bonds is 9. The van der Waals surface area contributed by atoms with E-state index < -0.39 is 23.5 Å². The van der Waals surface area contributed by atoms with Crippen molar-refractivity contribution in [2.75, 3.05) is 45.4 Å². The van der Waals surface area contributed by atoms with E-state index in [1.54, 1.807) is 0 Å². The maximum atomic E-state index is 13.1. The number of carbonyl (C=O) groups is 2. The Morgan fingerprint density at radius 3 is 2.29 bits per heavy atom. The maximum Gasteiger partial charge on any atom is 0.295 e. The number of amides is 1. The number of hydrogen-bond acceptors (Lipinski definition) is 6. The van der Waals surface area contributed by atoms with E-state index >= 15 is 0 Å². The molecular formula is C25H28Cl2N2O5. The SMILES string of the molecule is CCN(CC)c1ccc(C2/C(=C(\O)c3cc(Cl)cc(Cl)c3OC)C(=O)C(=O)N2CCOC)cc1. The van der Waals surface area contributed by atoms with Crippen molar-refractivity contribution in [3.8, 4) is 5.75 Å². The summed E-state index contributed by atoms with van der Waals surface area (Å²) < 4.78 is 10.5. The van der Waals surface area contributed by atoms with Crippen LogP contribution in [-0.2, 0) is 14.3 Å². The summed E-state index contributed by atoms with van der Waals surface area (Å²) in [6.07, 6.45) is 0. The first-order valence-electron chi connectivity index (χ1n) is 10.9. The van der Waals surface area contributed by atoms with Crippen molar-refractivity contribution >= 4 is 46.3 Å². The molecule has 0 bridgehead atoms. The number of ketones is 1. The lowest BCUT2D eigenvalue weighted by atomic mass is 9.94. The summed E-state index contributed by atoms with van der Waals surface area (Å²) in [6.45, 7) is 6.23. The molecule has 1 saturated heterocycles. The molecule has 3 rings (SSSR count). The normalized spacial score (nSPS) is 17.4. The topological polar surface area (TPSA) is 79.3 Å². The van der Waals surface area contributed by atoms with Crippen LogP contribution in [0.25, 0.3) is 5.76 Å². The van der Waals surface area contributed by atoms with E-state index in [0.29, 0.717) is 5.56 Å². The Balaban J connectivity index is 2.20. The molecule has 2 aromatic rings. The highest BCUT2D eigenvalue weighted by molar-refractivity contribution is 6.46. The summed E-state index contributed by atoms with van der Waals surface area (Å²) >= 11 is 12.4. The number of likely N-dealkylation sites (tertiary alicyclic amines) is 1. The average molecular weight is 507 g/mol. The van der Waals surface area contributed by atoms with Gasteiger partial charge in [0.05, 0.1) is 35.9 Å². The van der Waals surface area contributed by atoms with Crippen LogP contribution in [0.1, 0.15) is 31.0 Å². The number of aliphatic hydroxyl groups excluding tert-OH is 1. The minimum absolute atomic E-state index is 0.0617. The van der Waals surface area contributed by atoms with Crippen LogP contribution >= 0.6 is 23.2 Å². The van der Waals surface area contributed by atoms with Crippen molar-refractivity contribution in [2.45, 2.75) is 19.9 Å². The molecule has 1 aliphatic rings. The first-order chi connectivity index (χ1) is 16.3. The van der Waals surface area contributed by atoms with Gasteiger partial charge in [0, 0.05) is 37.5 Å². The molecule has 1 heterocycles. The van der Waals surface area contributed by atoms with Crippen LogP contribution in [0, 0.1) is 0 Å². The molecule has 9 heteroatoms. The molecule has 0 spiro atoms. The lowest BCUT2D eigenvalue weighted by Gasteiger charge is -2.26. The first-order valence-corrected chi connectivity index (χ1v) is 11.7. The molecular weight excluding hydrogens is 479 g/mol. The molecule has 1 unspecified atom stereocenters. The second-order valence-electron chi connectivity index (χ2n) is 7.72. The van der Waals surface area contributed by atoms with Crippen molar-refractivity contribution in [3.63, 3.8) is 0 Å². The molecule has 1 N–H and O–H groups in total. The summed E-state index contributed by atoms with van der Waals surface area (Å²) in [7, 11) is 2.91. The fourth-order valence-electron chi connectivity index (χ4n) is 4.19. The Labute approximate surface area is 209 Å². The maximum absolute atomic E-state index is 13.1. The van der Waals surface area contributed by atoms with Gasteiger partial charge in [-0.25, -0.2) is 0 Å². The van der Waals surface area contributed by atoms with Gasteiger partial charge in [-0.15, -0.1) is 0 Å². The van der Waals surface area contributed by atoms with Gasteiger partial charge in [0.25, 0.3) is 11.7 Å². The van der Waals surface area contributed by atoms with Gasteiger partial charge in [-0.05, 0) is 43.7 Å². The predicted octanol–water partition coefficient (Wildman–Crippen LogP) is 4.92. The number of hydrogen-bond donors (Lipinski definition) is 1. The number of methoxy groups -OCH3 is 2. The standard InChI is InChI=1S/C25H28Cl2N2O5/c1-5-28(6-2)17-9-7-15(8-10-17)21-20(23(31)25(32)29(21)11-12-33-3)22(30)18-13-16(26)14-19(27)24(18)34-4/h7-10,13-14,21,30H,5-6,11-12H2,1-4H3/b22-20+. The summed E-state index contributed by atoms with van der Waals surface area (Å²) in [5.41, 5.74) is 1.77. The molecule has 0 aliphatic carbocycles. The van der Waals surface area contributed by atoms with E-state index in [1.165, 1.54) is 31.3 Å². The van der Waals surface area contributed by atoms with Crippen molar-refractivity contribution in [1.29, 1.82) is 0 Å². The smallest absolute Gasteiger partial charge is 0.295 e. The van der Waals surface area contributed by atoms with Gasteiger partial charge in [-0.2, -0.15) is 0 Å². The summed E-state index contributed by atoms with van der Waals surface area (Å²) in [4.78, 5) is 29.7. The number of carbonyl (C=O) groups excluding carboxylic acids is 2. The number of ether oxygens (including phenoxy) is 2. The van der Waals surface area contributed by atoms with E-state index in [0.717, 1.165) is 18.8 Å². The number of Topliss-reactive ketones (excluding diaryl/α,β-unsaturated/α-hetero) is 1. The highest BCUT2D eigenvalue weighted by atomic mass is 35.5. The van der Waals surface area contributed by atoms with Crippen LogP contribution in [0.2, 0.25) is 10.0 Å². The number of aliphatic hydroxyl groups is 1. The minimum atomic E-state index is -0.816. The Kier molecular flexibility index (Phi) is 8.47. The minimum Gasteiger partial charge on any atom is -0.507 e. The van der Waals surface area contributed by atoms with Gasteiger partial charge < -0.3 is 24.4 Å². The van der Waals surface area contributed by atoms with E-state index in [9.17, 15) is 14.7 Å². The fraction of sp³-hybridized carbons (Fsp3) is 0.360. The zero-order chi connectivity index (χ0) is 25.0. The van der Waals surface area contributed by atoms with Gasteiger partial charge in [-0.3, -0.25) is 9.59 Å². The third-order valence-electron chi connectivity index (χ3n) is 5.88. The summed E-state index contributed by atoms with van der Waals surface area (Å²) in [6, 6.07) is 9.71. The summed E-state index contributed by atoms with van der Waals surface area (Å²) in [5, 5.41) is 11.7. The van der Waals surface area contributed by atoms with Gasteiger partial charge in [0.15, 0.2) is 0 Å². The Morgan fingerprint density at radius 2 is 1.74 bits per heavy atom. The third-order valence-corrected chi connectivity index (χ3v) is 6.38. The molecule has 1 aliphatic heterocycles. The zero-order valence-electron chi connectivity index (χ0n) is 19.6. The second-order valence-corrected chi connectivity index (χ2v) is 8.56. The van der Waals surface area contributed by atoms with Gasteiger partial charge in [0.1, 0.15) is 11.5 Å². The Morgan fingerprint density at radius 1 is 1.09 bits per heavy atom. The van der Waals surface area contributed by atoms with Crippen molar-refractivity contribution < 1.29 is 24.2 Å². The largest absolute Gasteiger partial charge is 0.507 e. The number of benzene rings is 2. The van der Waals surface area contributed by atoms with Crippen LogP contribution in [0.15, 0.2) is 42.0 Å². The molecule has 1 fully saturated rings. The molecule has 1 atom stereocenters. The molecule has 0 aromatic heterocycles. The lowest BCUT2D eigenvalue weighted by Crippen LogP contribution is -2.32. The molecule has 34 heavy (non-hydrogen) atoms. The average Bonchev–Trinajstić information content (AvgIpc) is 3.08. The van der Waals surface area contributed by atoms with E-state index in [1.807, 2.05) is 24.3 Å². The molecule has 2 aromatic carbocycles. The molecule has 1 amide bonds. The van der Waals surface area contributed by atoms with Crippen molar-refractivity contribution in [3.05, 3.63) is 63.1 Å². The quantitative estimate of drug-likeness (QED) is 0.295. The number of halogens is 2. The van der Waals surface area contributed by atoms with E-state index in [-0.39, 0.29) is 40.1 Å². The van der Waals surface area contributed by atoms with E-state index in [2.05, 4.69) is 18.7 Å². The number of anilines is 1. The van der Waals surface area contributed by atoms with Gasteiger partial charge in [-0.1, -0.05) is 35.3 Å².